The van der Waals surface area contributed by atoms with E-state index in [1.807, 2.05) is 42.5 Å². The van der Waals surface area contributed by atoms with Crippen LogP contribution in [0.1, 0.15) is 6.42 Å². The van der Waals surface area contributed by atoms with E-state index in [2.05, 4.69) is 5.32 Å². The minimum Gasteiger partial charge on any atom is -0.481 e. The first kappa shape index (κ1) is 18.3. The first-order valence-electron chi connectivity index (χ1n) is 8.41. The molecule has 0 spiro atoms. The third-order valence-electron chi connectivity index (χ3n) is 4.32. The Bertz CT molecular complexity index is 834. The van der Waals surface area contributed by atoms with E-state index in [1.54, 1.807) is 4.90 Å². The van der Waals surface area contributed by atoms with Crippen molar-refractivity contribution in [3.8, 4) is 0 Å². The lowest BCUT2D eigenvalue weighted by Gasteiger charge is -2.19. The molecule has 136 valence electrons. The van der Waals surface area contributed by atoms with Crippen LogP contribution in [0, 0.1) is 5.92 Å². The summed E-state index contributed by atoms with van der Waals surface area (Å²) in [6.45, 7) is 0.761. The van der Waals surface area contributed by atoms with Gasteiger partial charge in [-0.2, -0.15) is 0 Å². The van der Waals surface area contributed by atoms with E-state index in [4.69, 9.17) is 5.11 Å². The fourth-order valence-corrected chi connectivity index (χ4v) is 3.68. The van der Waals surface area contributed by atoms with E-state index in [0.717, 1.165) is 16.5 Å². The predicted molar refractivity (Wildman–Crippen MR) is 102 cm³/mol. The summed E-state index contributed by atoms with van der Waals surface area (Å²) in [7, 11) is 0. The van der Waals surface area contributed by atoms with Crippen LogP contribution in [-0.2, 0) is 14.4 Å². The number of carbonyl (C=O) groups excluding carboxylic acids is 2. The zero-order chi connectivity index (χ0) is 18.5. The minimum absolute atomic E-state index is 0.0205. The summed E-state index contributed by atoms with van der Waals surface area (Å²) < 4.78 is 0. The number of thioether (sulfide) groups is 1. The third kappa shape index (κ3) is 4.16. The van der Waals surface area contributed by atoms with Gasteiger partial charge >= 0.3 is 5.97 Å². The van der Waals surface area contributed by atoms with Crippen molar-refractivity contribution in [1.29, 1.82) is 0 Å². The van der Waals surface area contributed by atoms with E-state index in [-0.39, 0.29) is 29.9 Å². The first-order chi connectivity index (χ1) is 12.6. The summed E-state index contributed by atoms with van der Waals surface area (Å²) in [4.78, 5) is 36.9. The molecule has 6 nitrogen and oxygen atoms in total. The molecule has 0 bridgehead atoms. The SMILES string of the molecule is O=C(O)CSCCNC(=O)C1CC(=O)N(c2cccc3ccccc23)C1. The highest BCUT2D eigenvalue weighted by molar-refractivity contribution is 7.99. The quantitative estimate of drug-likeness (QED) is 0.727. The van der Waals surface area contributed by atoms with Crippen molar-refractivity contribution in [3.05, 3.63) is 42.5 Å². The highest BCUT2D eigenvalue weighted by Gasteiger charge is 2.35. The number of anilines is 1. The summed E-state index contributed by atoms with van der Waals surface area (Å²) in [5, 5.41) is 13.4. The number of benzene rings is 2. The smallest absolute Gasteiger partial charge is 0.313 e. The van der Waals surface area contributed by atoms with Crippen LogP contribution < -0.4 is 10.2 Å². The lowest BCUT2D eigenvalue weighted by Crippen LogP contribution is -2.34. The summed E-state index contributed by atoms with van der Waals surface area (Å²) in [5.74, 6) is -0.906. The number of fused-ring (bicyclic) bond motifs is 1. The Labute approximate surface area is 155 Å². The van der Waals surface area contributed by atoms with E-state index in [1.165, 1.54) is 11.8 Å². The molecule has 0 saturated carbocycles. The summed E-state index contributed by atoms with van der Waals surface area (Å²) in [6, 6.07) is 13.7. The van der Waals surface area contributed by atoms with Gasteiger partial charge < -0.3 is 15.3 Å². The second-order valence-electron chi connectivity index (χ2n) is 6.14. The standard InChI is InChI=1S/C19H20N2O4S/c22-17-10-14(19(25)20-8-9-26-12-18(23)24)11-21(17)16-7-3-5-13-4-1-2-6-15(13)16/h1-7,14H,8-12H2,(H,20,25)(H,23,24). The fraction of sp³-hybridized carbons (Fsp3) is 0.316. The topological polar surface area (TPSA) is 86.7 Å². The van der Waals surface area contributed by atoms with Gasteiger partial charge in [0.15, 0.2) is 0 Å². The zero-order valence-electron chi connectivity index (χ0n) is 14.2. The van der Waals surface area contributed by atoms with Crippen molar-refractivity contribution in [1.82, 2.24) is 5.32 Å². The highest BCUT2D eigenvalue weighted by atomic mass is 32.2. The molecule has 1 aliphatic heterocycles. The average molecular weight is 372 g/mol. The summed E-state index contributed by atoms with van der Waals surface area (Å²) in [5.41, 5.74) is 0.834. The lowest BCUT2D eigenvalue weighted by molar-refractivity contribution is -0.134. The average Bonchev–Trinajstić information content (AvgIpc) is 3.02. The van der Waals surface area contributed by atoms with Crippen LogP contribution in [0.5, 0.6) is 0 Å². The van der Waals surface area contributed by atoms with Gasteiger partial charge in [0.05, 0.1) is 17.4 Å². The molecular weight excluding hydrogens is 352 g/mol. The van der Waals surface area contributed by atoms with Crippen molar-refractivity contribution in [3.63, 3.8) is 0 Å². The van der Waals surface area contributed by atoms with Crippen molar-refractivity contribution in [2.24, 2.45) is 5.92 Å². The number of carbonyl (C=O) groups is 3. The first-order valence-corrected chi connectivity index (χ1v) is 9.57. The highest BCUT2D eigenvalue weighted by Crippen LogP contribution is 2.31. The van der Waals surface area contributed by atoms with Crippen molar-refractivity contribution in [2.45, 2.75) is 6.42 Å². The fourth-order valence-electron chi connectivity index (χ4n) is 3.11. The third-order valence-corrected chi connectivity index (χ3v) is 5.27. The maximum absolute atomic E-state index is 12.5. The van der Waals surface area contributed by atoms with Crippen LogP contribution in [0.15, 0.2) is 42.5 Å². The summed E-state index contributed by atoms with van der Waals surface area (Å²) in [6.07, 6.45) is 0.192. The number of rotatable bonds is 7. The molecule has 2 N–H and O–H groups in total. The van der Waals surface area contributed by atoms with Gasteiger partial charge in [-0.25, -0.2) is 0 Å². The Balaban J connectivity index is 1.61. The molecule has 1 heterocycles. The number of carboxylic acids is 1. The van der Waals surface area contributed by atoms with Crippen LogP contribution in [0.3, 0.4) is 0 Å². The molecule has 0 radical (unpaired) electrons. The number of aliphatic carboxylic acids is 1. The van der Waals surface area contributed by atoms with Gasteiger partial charge in [-0.1, -0.05) is 36.4 Å². The molecule has 2 amide bonds. The van der Waals surface area contributed by atoms with Gasteiger partial charge in [0, 0.05) is 30.6 Å². The van der Waals surface area contributed by atoms with E-state index < -0.39 is 5.97 Å². The van der Waals surface area contributed by atoms with Crippen LogP contribution in [0.25, 0.3) is 10.8 Å². The van der Waals surface area contributed by atoms with Gasteiger partial charge in [0.25, 0.3) is 0 Å². The van der Waals surface area contributed by atoms with Gasteiger partial charge in [-0.05, 0) is 11.5 Å². The Kier molecular flexibility index (Phi) is 5.78. The molecule has 1 saturated heterocycles. The molecular formula is C19H20N2O4S. The number of nitrogens with zero attached hydrogens (tertiary/aromatic N) is 1. The molecule has 1 atom stereocenters. The number of hydrogen-bond acceptors (Lipinski definition) is 4. The molecule has 3 rings (SSSR count). The van der Waals surface area contributed by atoms with Crippen LogP contribution in [-0.4, -0.2) is 47.5 Å². The largest absolute Gasteiger partial charge is 0.481 e. The number of hydrogen-bond donors (Lipinski definition) is 2. The Morgan fingerprint density at radius 1 is 1.19 bits per heavy atom. The lowest BCUT2D eigenvalue weighted by atomic mass is 10.1. The van der Waals surface area contributed by atoms with Crippen molar-refractivity contribution >= 4 is 46.0 Å². The maximum Gasteiger partial charge on any atom is 0.313 e. The zero-order valence-corrected chi connectivity index (χ0v) is 15.0. The number of amides is 2. The molecule has 1 fully saturated rings. The summed E-state index contributed by atoms with van der Waals surface area (Å²) >= 11 is 1.25. The normalized spacial score (nSPS) is 16.8. The molecule has 1 unspecified atom stereocenters. The second kappa shape index (κ2) is 8.23. The van der Waals surface area contributed by atoms with Crippen LogP contribution in [0.2, 0.25) is 0 Å². The van der Waals surface area contributed by atoms with Gasteiger partial charge in [-0.3, -0.25) is 14.4 Å². The van der Waals surface area contributed by atoms with Crippen molar-refractivity contribution in [2.75, 3.05) is 29.5 Å². The number of nitrogens with one attached hydrogen (secondary N) is 1. The Morgan fingerprint density at radius 3 is 2.77 bits per heavy atom. The molecule has 2 aromatic carbocycles. The maximum atomic E-state index is 12.5. The van der Waals surface area contributed by atoms with Gasteiger partial charge in [0.1, 0.15) is 0 Å². The second-order valence-corrected chi connectivity index (χ2v) is 7.25. The van der Waals surface area contributed by atoms with Gasteiger partial charge in [-0.15, -0.1) is 11.8 Å². The molecule has 0 aliphatic carbocycles. The predicted octanol–water partition coefficient (Wildman–Crippen LogP) is 2.13. The Morgan fingerprint density at radius 2 is 1.96 bits per heavy atom. The molecule has 26 heavy (non-hydrogen) atoms. The molecule has 2 aromatic rings. The van der Waals surface area contributed by atoms with E-state index in [0.29, 0.717) is 18.8 Å². The number of carboxylic acid groups (broad SMARTS) is 1. The Hall–Kier alpha value is -2.54. The van der Waals surface area contributed by atoms with Crippen LogP contribution >= 0.6 is 11.8 Å². The monoisotopic (exact) mass is 372 g/mol. The molecule has 0 aromatic heterocycles. The minimum atomic E-state index is -0.867. The molecule has 7 heteroatoms. The van der Waals surface area contributed by atoms with Gasteiger partial charge in [0.2, 0.25) is 11.8 Å². The van der Waals surface area contributed by atoms with E-state index >= 15 is 0 Å². The van der Waals surface area contributed by atoms with E-state index in [9.17, 15) is 14.4 Å². The van der Waals surface area contributed by atoms with Crippen molar-refractivity contribution < 1.29 is 19.5 Å². The molecule has 1 aliphatic rings. The van der Waals surface area contributed by atoms with Crippen LogP contribution in [0.4, 0.5) is 5.69 Å².